The summed E-state index contributed by atoms with van der Waals surface area (Å²) in [4.78, 5) is 27.9. The van der Waals surface area contributed by atoms with Crippen molar-refractivity contribution in [2.75, 3.05) is 6.54 Å². The first-order chi connectivity index (χ1) is 9.71. The summed E-state index contributed by atoms with van der Waals surface area (Å²) in [5.41, 5.74) is -1.14. The number of aryl methyl sites for hydroxylation is 1. The van der Waals surface area contributed by atoms with Gasteiger partial charge in [0.1, 0.15) is 11.7 Å². The number of nitrogens with zero attached hydrogens (tertiary/aromatic N) is 2. The Labute approximate surface area is 118 Å². The average molecular weight is 302 g/mol. The van der Waals surface area contributed by atoms with E-state index in [0.29, 0.717) is 12.8 Å². The molecule has 1 N–H and O–H groups in total. The Morgan fingerprint density at radius 1 is 1.38 bits per heavy atom. The van der Waals surface area contributed by atoms with Gasteiger partial charge in [-0.2, -0.15) is 13.2 Å². The van der Waals surface area contributed by atoms with Crippen LogP contribution in [-0.4, -0.2) is 39.5 Å². The third-order valence-corrected chi connectivity index (χ3v) is 3.41. The Kier molecular flexibility index (Phi) is 3.89. The van der Waals surface area contributed by atoms with Gasteiger partial charge in [0.25, 0.3) is 5.91 Å². The first-order valence-corrected chi connectivity index (χ1v) is 6.30. The highest BCUT2D eigenvalue weighted by Crippen LogP contribution is 2.29. The van der Waals surface area contributed by atoms with Crippen LogP contribution in [0.25, 0.3) is 0 Å². The minimum Gasteiger partial charge on any atom is -0.480 e. The molecule has 1 fully saturated rings. The molecule has 0 aliphatic carbocycles. The average Bonchev–Trinajstić information content (AvgIpc) is 2.86. The number of hydrogen-bond acceptors (Lipinski definition) is 3. The fourth-order valence-corrected chi connectivity index (χ4v) is 2.37. The number of carbonyl (C=O) groups excluding carboxylic acids is 1. The number of amides is 1. The lowest BCUT2D eigenvalue weighted by Crippen LogP contribution is -2.40. The van der Waals surface area contributed by atoms with E-state index in [1.165, 1.54) is 11.8 Å². The molecule has 1 aliphatic rings. The smallest absolute Gasteiger partial charge is 0.433 e. The number of rotatable bonds is 2. The Bertz CT molecular complexity index is 587. The van der Waals surface area contributed by atoms with Crippen LogP contribution in [-0.2, 0) is 11.0 Å². The minimum atomic E-state index is -4.58. The highest BCUT2D eigenvalue weighted by molar-refractivity contribution is 5.97. The van der Waals surface area contributed by atoms with Crippen molar-refractivity contribution in [2.24, 2.45) is 0 Å². The largest absolute Gasteiger partial charge is 0.480 e. The van der Waals surface area contributed by atoms with Crippen molar-refractivity contribution in [3.05, 3.63) is 29.1 Å². The van der Waals surface area contributed by atoms with Crippen LogP contribution in [0.4, 0.5) is 13.2 Å². The molecule has 0 aromatic carbocycles. The lowest BCUT2D eigenvalue weighted by Gasteiger charge is -2.22. The van der Waals surface area contributed by atoms with Gasteiger partial charge in [-0.05, 0) is 31.9 Å². The lowest BCUT2D eigenvalue weighted by atomic mass is 10.1. The zero-order valence-corrected chi connectivity index (χ0v) is 11.1. The summed E-state index contributed by atoms with van der Waals surface area (Å²) in [6.45, 7) is 1.57. The third kappa shape index (κ3) is 2.98. The van der Waals surface area contributed by atoms with Crippen LogP contribution in [0, 0.1) is 6.92 Å². The van der Waals surface area contributed by atoms with Gasteiger partial charge in [0.2, 0.25) is 0 Å². The number of carboxylic acid groups (broad SMARTS) is 1. The van der Waals surface area contributed by atoms with Crippen LogP contribution in [0.5, 0.6) is 0 Å². The van der Waals surface area contributed by atoms with Gasteiger partial charge in [0.05, 0.1) is 11.3 Å². The van der Waals surface area contributed by atoms with Gasteiger partial charge >= 0.3 is 12.1 Å². The third-order valence-electron chi connectivity index (χ3n) is 3.41. The fraction of sp³-hybridized carbons (Fsp3) is 0.462. The number of pyridine rings is 1. The van der Waals surface area contributed by atoms with Crippen molar-refractivity contribution in [3.63, 3.8) is 0 Å². The van der Waals surface area contributed by atoms with Gasteiger partial charge in [-0.25, -0.2) is 9.78 Å². The van der Waals surface area contributed by atoms with Crippen LogP contribution in [0.2, 0.25) is 0 Å². The summed E-state index contributed by atoms with van der Waals surface area (Å²) >= 11 is 0. The molecule has 1 aromatic rings. The normalized spacial score (nSPS) is 18.9. The van der Waals surface area contributed by atoms with Crippen LogP contribution in [0.15, 0.2) is 12.1 Å². The molecule has 8 heteroatoms. The molecule has 0 bridgehead atoms. The van der Waals surface area contributed by atoms with Gasteiger partial charge in [-0.3, -0.25) is 4.79 Å². The van der Waals surface area contributed by atoms with Crippen LogP contribution >= 0.6 is 0 Å². The summed E-state index contributed by atoms with van der Waals surface area (Å²) in [7, 11) is 0. The predicted octanol–water partition coefficient (Wildman–Crippen LogP) is 2.10. The number of aromatic nitrogens is 1. The van der Waals surface area contributed by atoms with E-state index in [1.807, 2.05) is 0 Å². The summed E-state index contributed by atoms with van der Waals surface area (Å²) in [6.07, 6.45) is -3.69. The molecule has 2 heterocycles. The van der Waals surface area contributed by atoms with Gasteiger partial charge in [0.15, 0.2) is 0 Å². The number of aliphatic carboxylic acids is 1. The van der Waals surface area contributed by atoms with Crippen molar-refractivity contribution in [3.8, 4) is 0 Å². The second-order valence-corrected chi connectivity index (χ2v) is 4.82. The Morgan fingerprint density at radius 3 is 2.57 bits per heavy atom. The Morgan fingerprint density at radius 2 is 2.05 bits per heavy atom. The van der Waals surface area contributed by atoms with E-state index < -0.39 is 29.8 Å². The van der Waals surface area contributed by atoms with E-state index in [2.05, 4.69) is 4.98 Å². The summed E-state index contributed by atoms with van der Waals surface area (Å²) < 4.78 is 37.6. The molecule has 21 heavy (non-hydrogen) atoms. The second-order valence-electron chi connectivity index (χ2n) is 4.82. The molecule has 1 aliphatic heterocycles. The first kappa shape index (κ1) is 15.3. The van der Waals surface area contributed by atoms with Gasteiger partial charge in [-0.15, -0.1) is 0 Å². The standard InChI is InChI=1S/C13H13F3N2O3/c1-7-8(4-5-10(17-7)13(14,15)16)11(19)18-6-2-3-9(18)12(20)21/h4-5,9H,2-3,6H2,1H3,(H,20,21)/t9-/m1/s1. The van der Waals surface area contributed by atoms with Crippen LogP contribution in [0.1, 0.15) is 34.6 Å². The molecule has 2 rings (SSSR count). The zero-order valence-electron chi connectivity index (χ0n) is 11.1. The number of carboxylic acids is 1. The van der Waals surface area contributed by atoms with Crippen LogP contribution < -0.4 is 0 Å². The molecule has 1 atom stereocenters. The second kappa shape index (κ2) is 5.34. The van der Waals surface area contributed by atoms with Crippen molar-refractivity contribution >= 4 is 11.9 Å². The molecule has 0 radical (unpaired) electrons. The summed E-state index contributed by atoms with van der Waals surface area (Å²) in [6, 6.07) is 0.843. The predicted molar refractivity (Wildman–Crippen MR) is 65.7 cm³/mol. The Hall–Kier alpha value is -2.12. The SMILES string of the molecule is Cc1nc(C(F)(F)F)ccc1C(=O)N1CCC[C@@H]1C(=O)O. The minimum absolute atomic E-state index is 0.00356. The molecule has 1 saturated heterocycles. The van der Waals surface area contributed by atoms with Crippen molar-refractivity contribution in [1.82, 2.24) is 9.88 Å². The number of halogens is 3. The Balaban J connectivity index is 2.30. The number of hydrogen-bond donors (Lipinski definition) is 1. The van der Waals surface area contributed by atoms with Gasteiger partial charge in [0, 0.05) is 6.54 Å². The fourth-order valence-electron chi connectivity index (χ4n) is 2.37. The van der Waals surface area contributed by atoms with E-state index in [-0.39, 0.29) is 17.8 Å². The monoisotopic (exact) mass is 302 g/mol. The van der Waals surface area contributed by atoms with Gasteiger partial charge < -0.3 is 10.0 Å². The molecule has 1 aromatic heterocycles. The molecule has 0 unspecified atom stereocenters. The molecule has 5 nitrogen and oxygen atoms in total. The first-order valence-electron chi connectivity index (χ1n) is 6.30. The topological polar surface area (TPSA) is 70.5 Å². The maximum atomic E-state index is 12.5. The molecule has 114 valence electrons. The van der Waals surface area contributed by atoms with E-state index in [0.717, 1.165) is 12.1 Å². The summed E-state index contributed by atoms with van der Waals surface area (Å²) in [5, 5.41) is 9.04. The van der Waals surface area contributed by atoms with E-state index in [4.69, 9.17) is 5.11 Å². The molecular weight excluding hydrogens is 289 g/mol. The molecular formula is C13H13F3N2O3. The van der Waals surface area contributed by atoms with Crippen molar-refractivity contribution in [2.45, 2.75) is 32.0 Å². The quantitative estimate of drug-likeness (QED) is 0.908. The van der Waals surface area contributed by atoms with Crippen molar-refractivity contribution in [1.29, 1.82) is 0 Å². The maximum Gasteiger partial charge on any atom is 0.433 e. The highest BCUT2D eigenvalue weighted by atomic mass is 19.4. The number of alkyl halides is 3. The van der Waals surface area contributed by atoms with Crippen LogP contribution in [0.3, 0.4) is 0 Å². The molecule has 0 spiro atoms. The van der Waals surface area contributed by atoms with E-state index in [9.17, 15) is 22.8 Å². The number of likely N-dealkylation sites (tertiary alicyclic amines) is 1. The molecule has 1 amide bonds. The zero-order chi connectivity index (χ0) is 15.8. The maximum absolute atomic E-state index is 12.5. The highest BCUT2D eigenvalue weighted by Gasteiger charge is 2.36. The van der Waals surface area contributed by atoms with Gasteiger partial charge in [-0.1, -0.05) is 0 Å². The van der Waals surface area contributed by atoms with E-state index in [1.54, 1.807) is 0 Å². The summed E-state index contributed by atoms with van der Waals surface area (Å²) in [5.74, 6) is -1.71. The van der Waals surface area contributed by atoms with E-state index >= 15 is 0 Å². The molecule has 0 saturated carbocycles. The number of carbonyl (C=O) groups is 2. The lowest BCUT2D eigenvalue weighted by molar-refractivity contribution is -0.142. The van der Waals surface area contributed by atoms with Crippen molar-refractivity contribution < 1.29 is 27.9 Å².